The molecule has 0 aromatic heterocycles. The predicted octanol–water partition coefficient (Wildman–Crippen LogP) is 4.73. The van der Waals surface area contributed by atoms with Crippen LogP contribution >= 0.6 is 23.5 Å². The molecule has 0 spiro atoms. The van der Waals surface area contributed by atoms with Gasteiger partial charge >= 0.3 is 0 Å². The average molecular weight is 374 g/mol. The van der Waals surface area contributed by atoms with Gasteiger partial charge in [0.15, 0.2) is 0 Å². The summed E-state index contributed by atoms with van der Waals surface area (Å²) in [6.07, 6.45) is 19.7. The zero-order chi connectivity index (χ0) is 17.2. The number of carbonyl (C=O) groups is 1. The minimum Gasteiger partial charge on any atom is -0.868 e. The number of allylic oxidation sites excluding steroid dienone is 6. The Balaban J connectivity index is 1.40. The molecule has 0 radical (unpaired) electrons. The lowest BCUT2D eigenvalue weighted by Crippen LogP contribution is -2.18. The lowest BCUT2D eigenvalue weighted by atomic mass is 9.83. The first-order valence-corrected chi connectivity index (χ1v) is 11.3. The molecule has 4 rings (SSSR count). The van der Waals surface area contributed by atoms with Crippen LogP contribution in [0.3, 0.4) is 0 Å². The summed E-state index contributed by atoms with van der Waals surface area (Å²) in [6.45, 7) is 0. The summed E-state index contributed by atoms with van der Waals surface area (Å²) in [7, 11) is 0. The van der Waals surface area contributed by atoms with Crippen molar-refractivity contribution in [3.8, 4) is 0 Å². The van der Waals surface area contributed by atoms with E-state index in [0.29, 0.717) is 22.3 Å². The lowest BCUT2D eigenvalue weighted by molar-refractivity contribution is -0.285. The number of rotatable bonds is 3. The zero-order valence-corrected chi connectivity index (χ0v) is 16.1. The lowest BCUT2D eigenvalue weighted by Gasteiger charge is -2.25. The van der Waals surface area contributed by atoms with Gasteiger partial charge in [-0.25, -0.2) is 0 Å². The molecule has 0 N–H and O–H groups in total. The SMILES string of the molecule is O=C1SC2CCCCC2C1=CC=CC=CC1=C([O-])SC2CCCCC12. The van der Waals surface area contributed by atoms with Crippen LogP contribution in [0.15, 0.2) is 46.6 Å². The van der Waals surface area contributed by atoms with Crippen LogP contribution in [0.5, 0.6) is 0 Å². The van der Waals surface area contributed by atoms with Gasteiger partial charge in [-0.2, -0.15) is 0 Å². The number of hydrogen-bond donors (Lipinski definition) is 0. The largest absolute Gasteiger partial charge is 0.868 e. The van der Waals surface area contributed by atoms with Crippen molar-refractivity contribution in [3.05, 3.63) is 46.6 Å². The monoisotopic (exact) mass is 373 g/mol. The van der Waals surface area contributed by atoms with Crippen LogP contribution in [0, 0.1) is 11.8 Å². The summed E-state index contributed by atoms with van der Waals surface area (Å²) >= 11 is 3.09. The van der Waals surface area contributed by atoms with E-state index < -0.39 is 0 Å². The van der Waals surface area contributed by atoms with Gasteiger partial charge in [-0.15, -0.1) is 11.8 Å². The fourth-order valence-corrected chi connectivity index (χ4v) is 7.39. The van der Waals surface area contributed by atoms with E-state index in [1.165, 1.54) is 38.5 Å². The Morgan fingerprint density at radius 3 is 2.32 bits per heavy atom. The predicted molar refractivity (Wildman–Crippen MR) is 105 cm³/mol. The molecule has 2 aliphatic carbocycles. The molecule has 2 aliphatic heterocycles. The summed E-state index contributed by atoms with van der Waals surface area (Å²) in [5.41, 5.74) is 2.01. The van der Waals surface area contributed by atoms with Gasteiger partial charge in [0.05, 0.1) is 0 Å². The van der Waals surface area contributed by atoms with Crippen molar-refractivity contribution in [2.75, 3.05) is 0 Å². The summed E-state index contributed by atoms with van der Waals surface area (Å²) in [5.74, 6) is 0.926. The second-order valence-electron chi connectivity index (χ2n) is 7.49. The van der Waals surface area contributed by atoms with Crippen LogP contribution in [-0.2, 0) is 4.79 Å². The van der Waals surface area contributed by atoms with Gasteiger partial charge in [-0.1, -0.05) is 72.9 Å². The van der Waals surface area contributed by atoms with Crippen LogP contribution in [0.1, 0.15) is 51.4 Å². The molecule has 134 valence electrons. The summed E-state index contributed by atoms with van der Waals surface area (Å²) < 4.78 is 0. The molecule has 2 saturated carbocycles. The smallest absolute Gasteiger partial charge is 0.215 e. The number of thioether (sulfide) groups is 2. The van der Waals surface area contributed by atoms with Crippen LogP contribution < -0.4 is 5.11 Å². The highest BCUT2D eigenvalue weighted by atomic mass is 32.2. The van der Waals surface area contributed by atoms with Crippen molar-refractivity contribution >= 4 is 28.6 Å². The Bertz CT molecular complexity index is 659. The highest BCUT2D eigenvalue weighted by molar-refractivity contribution is 8.15. The Kier molecular flexibility index (Phi) is 5.47. The van der Waals surface area contributed by atoms with Crippen molar-refractivity contribution in [2.24, 2.45) is 11.8 Å². The fourth-order valence-electron chi connectivity index (χ4n) is 4.67. The van der Waals surface area contributed by atoms with E-state index in [9.17, 15) is 9.90 Å². The van der Waals surface area contributed by atoms with Gasteiger partial charge < -0.3 is 5.11 Å². The van der Waals surface area contributed by atoms with E-state index >= 15 is 0 Å². The molecule has 0 aromatic carbocycles. The first-order chi connectivity index (χ1) is 12.2. The summed E-state index contributed by atoms with van der Waals surface area (Å²) in [4.78, 5) is 12.2. The van der Waals surface area contributed by atoms with Crippen molar-refractivity contribution in [1.82, 2.24) is 0 Å². The first kappa shape index (κ1) is 17.5. The number of hydrogen-bond acceptors (Lipinski definition) is 4. The van der Waals surface area contributed by atoms with E-state index in [4.69, 9.17) is 0 Å². The van der Waals surface area contributed by atoms with Crippen LogP contribution in [0.4, 0.5) is 0 Å². The zero-order valence-electron chi connectivity index (χ0n) is 14.5. The third-order valence-corrected chi connectivity index (χ3v) is 8.60. The van der Waals surface area contributed by atoms with E-state index in [1.54, 1.807) is 23.5 Å². The molecule has 1 saturated heterocycles. The molecule has 4 heteroatoms. The first-order valence-electron chi connectivity index (χ1n) is 9.58. The third-order valence-electron chi connectivity index (χ3n) is 5.97. The molecular formula is C21H25O2S2-. The Hall–Kier alpha value is -0.870. The molecule has 0 bridgehead atoms. The van der Waals surface area contributed by atoms with Gasteiger partial charge in [0, 0.05) is 22.0 Å². The molecule has 0 aromatic rings. The second kappa shape index (κ2) is 7.79. The quantitative estimate of drug-likeness (QED) is 0.529. The molecule has 2 heterocycles. The second-order valence-corrected chi connectivity index (χ2v) is 9.91. The maximum absolute atomic E-state index is 12.2. The Morgan fingerprint density at radius 1 is 0.840 bits per heavy atom. The van der Waals surface area contributed by atoms with Gasteiger partial charge in [-0.05, 0) is 37.2 Å². The highest BCUT2D eigenvalue weighted by Gasteiger charge is 2.39. The minimum atomic E-state index is 0.271. The van der Waals surface area contributed by atoms with E-state index in [1.807, 2.05) is 30.4 Å². The fraction of sp³-hybridized carbons (Fsp3) is 0.571. The summed E-state index contributed by atoms with van der Waals surface area (Å²) in [6, 6.07) is 0. The molecule has 2 nitrogen and oxygen atoms in total. The maximum atomic E-state index is 12.2. The van der Waals surface area contributed by atoms with Gasteiger partial charge in [0.2, 0.25) is 5.12 Å². The van der Waals surface area contributed by atoms with Crippen molar-refractivity contribution in [1.29, 1.82) is 0 Å². The summed E-state index contributed by atoms with van der Waals surface area (Å²) in [5, 5.41) is 13.8. The molecule has 4 atom stereocenters. The van der Waals surface area contributed by atoms with Gasteiger partial charge in [0.1, 0.15) is 0 Å². The van der Waals surface area contributed by atoms with Gasteiger partial charge in [-0.3, -0.25) is 4.79 Å². The molecule has 4 unspecified atom stereocenters. The molecular weight excluding hydrogens is 348 g/mol. The average Bonchev–Trinajstić information content (AvgIpc) is 3.11. The van der Waals surface area contributed by atoms with Crippen molar-refractivity contribution in [2.45, 2.75) is 61.9 Å². The topological polar surface area (TPSA) is 40.1 Å². The van der Waals surface area contributed by atoms with Crippen molar-refractivity contribution in [3.63, 3.8) is 0 Å². The van der Waals surface area contributed by atoms with Crippen molar-refractivity contribution < 1.29 is 9.90 Å². The Morgan fingerprint density at radius 2 is 1.52 bits per heavy atom. The minimum absolute atomic E-state index is 0.271. The molecule has 25 heavy (non-hydrogen) atoms. The molecule has 0 amide bonds. The van der Waals surface area contributed by atoms with E-state index in [-0.39, 0.29) is 10.2 Å². The van der Waals surface area contributed by atoms with E-state index in [0.717, 1.165) is 24.0 Å². The number of fused-ring (bicyclic) bond motifs is 2. The van der Waals surface area contributed by atoms with Crippen LogP contribution in [0.2, 0.25) is 0 Å². The van der Waals surface area contributed by atoms with Crippen LogP contribution in [0.25, 0.3) is 0 Å². The highest BCUT2D eigenvalue weighted by Crippen LogP contribution is 2.47. The molecule has 3 fully saturated rings. The Labute approximate surface area is 158 Å². The van der Waals surface area contributed by atoms with Gasteiger partial charge in [0.25, 0.3) is 0 Å². The third kappa shape index (κ3) is 3.66. The van der Waals surface area contributed by atoms with E-state index in [2.05, 4.69) is 0 Å². The normalized spacial score (nSPS) is 37.4. The van der Waals surface area contributed by atoms with Crippen LogP contribution in [-0.4, -0.2) is 15.6 Å². The number of carbonyl (C=O) groups excluding carboxylic acids is 1. The standard InChI is InChI=1S/C21H26O2S2/c22-20-16(14-8-4-6-12-18(14)24-20)10-2-1-3-11-17-15-9-5-7-13-19(15)25-21(17)23/h1-3,10-11,14-15,18-19,22H,4-9,12-13H2/p-1. The maximum Gasteiger partial charge on any atom is 0.215 e. The molecule has 4 aliphatic rings.